The molecule has 21 heavy (non-hydrogen) atoms. The van der Waals surface area contributed by atoms with Crippen molar-refractivity contribution in [3.8, 4) is 0 Å². The van der Waals surface area contributed by atoms with Crippen LogP contribution in [0.2, 0.25) is 0 Å². The molecule has 2 heterocycles. The molecule has 0 aliphatic carbocycles. The van der Waals surface area contributed by atoms with Crippen LogP contribution < -0.4 is 5.32 Å². The Morgan fingerprint density at radius 2 is 2.10 bits per heavy atom. The third-order valence-corrected chi connectivity index (χ3v) is 4.15. The van der Waals surface area contributed by atoms with Crippen molar-refractivity contribution in [1.82, 2.24) is 9.97 Å². The maximum absolute atomic E-state index is 12.1. The fraction of sp³-hybridized carbons (Fsp3) is 0.125. The third-order valence-electron chi connectivity index (χ3n) is 3.31. The molecule has 1 amide bonds. The number of aromatic amines is 1. The third kappa shape index (κ3) is 2.97. The molecule has 0 radical (unpaired) electrons. The van der Waals surface area contributed by atoms with Gasteiger partial charge in [-0.05, 0) is 46.6 Å². The van der Waals surface area contributed by atoms with Crippen LogP contribution in [0.3, 0.4) is 0 Å². The molecular formula is C16H14BrN3O. The second-order valence-corrected chi connectivity index (χ2v) is 5.70. The molecule has 0 saturated heterocycles. The van der Waals surface area contributed by atoms with Crippen LogP contribution in [-0.4, -0.2) is 15.9 Å². The summed E-state index contributed by atoms with van der Waals surface area (Å²) in [7, 11) is 0. The minimum absolute atomic E-state index is 0.0750. The number of benzene rings is 1. The monoisotopic (exact) mass is 343 g/mol. The summed E-state index contributed by atoms with van der Waals surface area (Å²) in [4.78, 5) is 19.6. The van der Waals surface area contributed by atoms with E-state index < -0.39 is 0 Å². The van der Waals surface area contributed by atoms with Crippen LogP contribution >= 0.6 is 15.9 Å². The highest BCUT2D eigenvalue weighted by Crippen LogP contribution is 2.19. The van der Waals surface area contributed by atoms with E-state index in [1.165, 1.54) is 0 Å². The number of halogens is 1. The average Bonchev–Trinajstić information content (AvgIpc) is 2.86. The number of anilines is 1. The molecule has 2 aromatic heterocycles. The van der Waals surface area contributed by atoms with Gasteiger partial charge in [-0.3, -0.25) is 4.79 Å². The standard InChI is InChI=1S/C16H14BrN3O/c1-10-13(17)6-7-15(19-10)20-16(21)8-11-9-18-14-5-3-2-4-12(11)14/h2-7,9,18H,8H2,1H3,(H,19,20,21). The number of aromatic nitrogens is 2. The second-order valence-electron chi connectivity index (χ2n) is 4.85. The van der Waals surface area contributed by atoms with Crippen LogP contribution in [0.25, 0.3) is 10.9 Å². The smallest absolute Gasteiger partial charge is 0.230 e. The Bertz CT molecular complexity index is 810. The van der Waals surface area contributed by atoms with Crippen molar-refractivity contribution < 1.29 is 4.79 Å². The number of rotatable bonds is 3. The topological polar surface area (TPSA) is 57.8 Å². The number of para-hydroxylation sites is 1. The first-order chi connectivity index (χ1) is 10.1. The van der Waals surface area contributed by atoms with Gasteiger partial charge in [0.05, 0.1) is 12.1 Å². The molecule has 106 valence electrons. The maximum Gasteiger partial charge on any atom is 0.230 e. The summed E-state index contributed by atoms with van der Waals surface area (Å²) in [5.74, 6) is 0.495. The van der Waals surface area contributed by atoms with Crippen LogP contribution in [0.15, 0.2) is 47.1 Å². The number of pyridine rings is 1. The first-order valence-electron chi connectivity index (χ1n) is 6.61. The number of fused-ring (bicyclic) bond motifs is 1. The maximum atomic E-state index is 12.1. The summed E-state index contributed by atoms with van der Waals surface area (Å²) in [5.41, 5.74) is 2.87. The van der Waals surface area contributed by atoms with Gasteiger partial charge >= 0.3 is 0 Å². The van der Waals surface area contributed by atoms with Crippen molar-refractivity contribution in [3.63, 3.8) is 0 Å². The number of nitrogens with zero attached hydrogens (tertiary/aromatic N) is 1. The molecule has 3 rings (SSSR count). The summed E-state index contributed by atoms with van der Waals surface area (Å²) in [6, 6.07) is 11.6. The highest BCUT2D eigenvalue weighted by molar-refractivity contribution is 9.10. The minimum Gasteiger partial charge on any atom is -0.361 e. The molecule has 0 aliphatic heterocycles. The zero-order valence-electron chi connectivity index (χ0n) is 11.5. The number of hydrogen-bond acceptors (Lipinski definition) is 2. The Labute approximate surface area is 130 Å². The van der Waals surface area contributed by atoms with E-state index in [1.807, 2.05) is 43.5 Å². The van der Waals surface area contributed by atoms with Gasteiger partial charge in [-0.25, -0.2) is 4.98 Å². The molecule has 1 aromatic carbocycles. The Morgan fingerprint density at radius 1 is 1.29 bits per heavy atom. The van der Waals surface area contributed by atoms with Crippen LogP contribution in [0.4, 0.5) is 5.82 Å². The number of H-pyrrole nitrogens is 1. The molecule has 5 heteroatoms. The summed E-state index contributed by atoms with van der Waals surface area (Å²) in [6.45, 7) is 1.89. The Hall–Kier alpha value is -2.14. The lowest BCUT2D eigenvalue weighted by molar-refractivity contribution is -0.115. The van der Waals surface area contributed by atoms with Gasteiger partial charge in [0.2, 0.25) is 5.91 Å². The zero-order valence-corrected chi connectivity index (χ0v) is 13.1. The zero-order chi connectivity index (χ0) is 14.8. The van der Waals surface area contributed by atoms with Gasteiger partial charge in [0.1, 0.15) is 5.82 Å². The highest BCUT2D eigenvalue weighted by Gasteiger charge is 2.09. The predicted octanol–water partition coefficient (Wildman–Crippen LogP) is 3.82. The number of carbonyl (C=O) groups excluding carboxylic acids is 1. The van der Waals surface area contributed by atoms with Gasteiger partial charge < -0.3 is 10.3 Å². The molecule has 0 unspecified atom stereocenters. The van der Waals surface area contributed by atoms with E-state index >= 15 is 0 Å². The van der Waals surface area contributed by atoms with E-state index in [0.29, 0.717) is 12.2 Å². The van der Waals surface area contributed by atoms with Crippen LogP contribution in [0.5, 0.6) is 0 Å². The van der Waals surface area contributed by atoms with E-state index in [9.17, 15) is 4.79 Å². The van der Waals surface area contributed by atoms with Crippen molar-refractivity contribution in [2.45, 2.75) is 13.3 Å². The molecule has 0 saturated carbocycles. The average molecular weight is 344 g/mol. The Balaban J connectivity index is 1.75. The normalized spacial score (nSPS) is 10.8. The van der Waals surface area contributed by atoms with E-state index in [2.05, 4.69) is 31.2 Å². The lowest BCUT2D eigenvalue weighted by Crippen LogP contribution is -2.15. The lowest BCUT2D eigenvalue weighted by Gasteiger charge is -2.06. The second kappa shape index (κ2) is 5.69. The Kier molecular flexibility index (Phi) is 3.75. The van der Waals surface area contributed by atoms with Gasteiger partial charge in [-0.1, -0.05) is 18.2 Å². The fourth-order valence-electron chi connectivity index (χ4n) is 2.25. The number of carbonyl (C=O) groups is 1. The summed E-state index contributed by atoms with van der Waals surface area (Å²) in [6.07, 6.45) is 2.20. The fourth-order valence-corrected chi connectivity index (χ4v) is 2.47. The van der Waals surface area contributed by atoms with Crippen molar-refractivity contribution >= 4 is 38.6 Å². The quantitative estimate of drug-likeness (QED) is 0.759. The van der Waals surface area contributed by atoms with Crippen LogP contribution in [-0.2, 0) is 11.2 Å². The highest BCUT2D eigenvalue weighted by atomic mass is 79.9. The number of aryl methyl sites for hydroxylation is 1. The van der Waals surface area contributed by atoms with Gasteiger partial charge in [0.25, 0.3) is 0 Å². The van der Waals surface area contributed by atoms with Gasteiger partial charge in [-0.15, -0.1) is 0 Å². The molecule has 4 nitrogen and oxygen atoms in total. The number of amides is 1. The predicted molar refractivity (Wildman–Crippen MR) is 87.3 cm³/mol. The number of hydrogen-bond donors (Lipinski definition) is 2. The van der Waals surface area contributed by atoms with E-state index in [-0.39, 0.29) is 5.91 Å². The SMILES string of the molecule is Cc1nc(NC(=O)Cc2c[nH]c3ccccc23)ccc1Br. The first-order valence-corrected chi connectivity index (χ1v) is 7.41. The van der Waals surface area contributed by atoms with Gasteiger partial charge in [-0.2, -0.15) is 0 Å². The molecule has 0 fully saturated rings. The van der Waals surface area contributed by atoms with Gasteiger partial charge in [0, 0.05) is 21.6 Å². The van der Waals surface area contributed by atoms with Crippen molar-refractivity contribution in [3.05, 3.63) is 58.3 Å². The Morgan fingerprint density at radius 3 is 2.90 bits per heavy atom. The summed E-state index contributed by atoms with van der Waals surface area (Å²) < 4.78 is 0.928. The minimum atomic E-state index is -0.0750. The molecule has 0 bridgehead atoms. The van der Waals surface area contributed by atoms with Crippen molar-refractivity contribution in [2.24, 2.45) is 0 Å². The number of nitrogens with one attached hydrogen (secondary N) is 2. The largest absolute Gasteiger partial charge is 0.361 e. The van der Waals surface area contributed by atoms with E-state index in [0.717, 1.165) is 26.6 Å². The molecule has 0 spiro atoms. The van der Waals surface area contributed by atoms with Crippen molar-refractivity contribution in [1.29, 1.82) is 0 Å². The molecule has 0 aliphatic rings. The lowest BCUT2D eigenvalue weighted by atomic mass is 10.1. The molecular weight excluding hydrogens is 330 g/mol. The molecule has 0 atom stereocenters. The molecule has 3 aromatic rings. The first kappa shape index (κ1) is 13.8. The van der Waals surface area contributed by atoms with Gasteiger partial charge in [0.15, 0.2) is 0 Å². The van der Waals surface area contributed by atoms with E-state index in [4.69, 9.17) is 0 Å². The molecule has 2 N–H and O–H groups in total. The van der Waals surface area contributed by atoms with Crippen LogP contribution in [0, 0.1) is 6.92 Å². The van der Waals surface area contributed by atoms with Crippen molar-refractivity contribution in [2.75, 3.05) is 5.32 Å². The van der Waals surface area contributed by atoms with Crippen LogP contribution in [0.1, 0.15) is 11.3 Å². The summed E-state index contributed by atoms with van der Waals surface area (Å²) in [5, 5.41) is 3.90. The van der Waals surface area contributed by atoms with E-state index in [1.54, 1.807) is 6.07 Å². The summed E-state index contributed by atoms with van der Waals surface area (Å²) >= 11 is 3.39.